The lowest BCUT2D eigenvalue weighted by atomic mass is 9.87. The number of aryl methyl sites for hydroxylation is 1. The molecule has 164 valence electrons. The van der Waals surface area contributed by atoms with E-state index in [0.29, 0.717) is 5.56 Å². The van der Waals surface area contributed by atoms with Crippen molar-refractivity contribution in [2.75, 3.05) is 32.7 Å². The Bertz CT molecular complexity index is 755. The number of amides is 2. The Balaban J connectivity index is 1.73. The highest BCUT2D eigenvalue weighted by atomic mass is 32.1. The van der Waals surface area contributed by atoms with Crippen molar-refractivity contribution in [2.24, 2.45) is 5.92 Å². The lowest BCUT2D eigenvalue weighted by molar-refractivity contribution is -0.136. The van der Waals surface area contributed by atoms with Crippen LogP contribution >= 0.6 is 12.2 Å². The topological polar surface area (TPSA) is 64.7 Å². The maximum absolute atomic E-state index is 13.4. The molecule has 2 fully saturated rings. The largest absolute Gasteiger partial charge is 0.363 e. The van der Waals surface area contributed by atoms with Crippen LogP contribution in [0.15, 0.2) is 24.3 Å². The van der Waals surface area contributed by atoms with Crippen LogP contribution < -0.4 is 10.6 Å². The van der Waals surface area contributed by atoms with Gasteiger partial charge in [-0.3, -0.25) is 9.59 Å². The molecule has 1 aromatic rings. The third-order valence-corrected chi connectivity index (χ3v) is 6.64. The molecule has 30 heavy (non-hydrogen) atoms. The highest BCUT2D eigenvalue weighted by molar-refractivity contribution is 7.80. The van der Waals surface area contributed by atoms with Gasteiger partial charge >= 0.3 is 0 Å². The van der Waals surface area contributed by atoms with Gasteiger partial charge in [0, 0.05) is 38.3 Å². The summed E-state index contributed by atoms with van der Waals surface area (Å²) in [5.41, 5.74) is 1.56. The van der Waals surface area contributed by atoms with Gasteiger partial charge in [-0.2, -0.15) is 0 Å². The maximum atomic E-state index is 13.4. The monoisotopic (exact) mass is 430 g/mol. The van der Waals surface area contributed by atoms with Crippen molar-refractivity contribution < 1.29 is 9.59 Å². The first kappa shape index (κ1) is 22.5. The minimum atomic E-state index is -0.481. The maximum Gasteiger partial charge on any atom is 0.252 e. The third kappa shape index (κ3) is 5.50. The number of nitrogens with one attached hydrogen (secondary N) is 2. The first-order valence-corrected chi connectivity index (χ1v) is 11.6. The van der Waals surface area contributed by atoms with Crippen molar-refractivity contribution in [3.05, 3.63) is 35.4 Å². The molecule has 0 spiro atoms. The second-order valence-electron chi connectivity index (χ2n) is 8.31. The molecule has 0 aliphatic carbocycles. The summed E-state index contributed by atoms with van der Waals surface area (Å²) in [6.07, 6.45) is 4.93. The van der Waals surface area contributed by atoms with E-state index in [9.17, 15) is 9.59 Å². The second-order valence-corrected chi connectivity index (χ2v) is 8.70. The van der Waals surface area contributed by atoms with Crippen LogP contribution in [0.1, 0.15) is 54.9 Å². The zero-order chi connectivity index (χ0) is 21.5. The molecule has 1 atom stereocenters. The van der Waals surface area contributed by atoms with Crippen LogP contribution in [-0.4, -0.2) is 65.5 Å². The van der Waals surface area contributed by atoms with E-state index in [1.54, 1.807) is 0 Å². The summed E-state index contributed by atoms with van der Waals surface area (Å²) in [6.45, 7) is 7.96. The lowest BCUT2D eigenvalue weighted by Gasteiger charge is -2.39. The van der Waals surface area contributed by atoms with Crippen molar-refractivity contribution in [1.82, 2.24) is 20.4 Å². The molecule has 2 aliphatic rings. The van der Waals surface area contributed by atoms with Crippen molar-refractivity contribution in [3.63, 3.8) is 0 Å². The number of carbonyl (C=O) groups excluding carboxylic acids is 2. The summed E-state index contributed by atoms with van der Waals surface area (Å²) in [5.74, 6) is 0.0338. The summed E-state index contributed by atoms with van der Waals surface area (Å²) in [7, 11) is 0. The van der Waals surface area contributed by atoms with E-state index in [2.05, 4.69) is 15.5 Å². The van der Waals surface area contributed by atoms with Crippen LogP contribution in [0.3, 0.4) is 0 Å². The van der Waals surface area contributed by atoms with E-state index < -0.39 is 6.04 Å². The van der Waals surface area contributed by atoms with Gasteiger partial charge in [0.2, 0.25) is 5.91 Å². The fraction of sp³-hybridized carbons (Fsp3) is 0.609. The van der Waals surface area contributed by atoms with Gasteiger partial charge in [0.05, 0.1) is 0 Å². The van der Waals surface area contributed by atoms with Crippen LogP contribution in [0.5, 0.6) is 0 Å². The van der Waals surface area contributed by atoms with Crippen molar-refractivity contribution in [2.45, 2.75) is 52.0 Å². The molecule has 2 N–H and O–H groups in total. The van der Waals surface area contributed by atoms with E-state index in [0.717, 1.165) is 69.1 Å². The molecule has 7 heteroatoms. The lowest BCUT2D eigenvalue weighted by Crippen LogP contribution is -2.56. The predicted octanol–water partition coefficient (Wildman–Crippen LogP) is 2.71. The van der Waals surface area contributed by atoms with Gasteiger partial charge in [-0.25, -0.2) is 0 Å². The summed E-state index contributed by atoms with van der Waals surface area (Å²) in [5, 5.41) is 7.10. The summed E-state index contributed by atoms with van der Waals surface area (Å²) in [6, 6.07) is 7.06. The average molecular weight is 431 g/mol. The van der Waals surface area contributed by atoms with Gasteiger partial charge < -0.3 is 20.4 Å². The van der Waals surface area contributed by atoms with Gasteiger partial charge in [0.25, 0.3) is 5.91 Å². The Labute approximate surface area is 185 Å². The standard InChI is InChI=1S/C23H34N4O2S/c1-3-24-23(30)27-15-11-18(12-16-27)20(22(29)26-13-7-4-8-14-26)25-21(28)19-10-6-5-9-17(19)2/h5-6,9-10,18,20H,3-4,7-8,11-16H2,1-2H3,(H,24,30)(H,25,28)/t20-/m0/s1. The Hall–Kier alpha value is -2.15. The van der Waals surface area contributed by atoms with E-state index >= 15 is 0 Å². The molecule has 2 amide bonds. The summed E-state index contributed by atoms with van der Waals surface area (Å²) >= 11 is 5.45. The minimum absolute atomic E-state index is 0.0735. The Morgan fingerprint density at radius 3 is 2.37 bits per heavy atom. The third-order valence-electron chi connectivity index (χ3n) is 6.24. The van der Waals surface area contributed by atoms with Gasteiger partial charge in [-0.05, 0) is 75.7 Å². The quantitative estimate of drug-likeness (QED) is 0.704. The Kier molecular flexibility index (Phi) is 8.08. The first-order chi connectivity index (χ1) is 14.5. The number of benzene rings is 1. The number of hydrogen-bond donors (Lipinski definition) is 2. The molecular weight excluding hydrogens is 396 g/mol. The number of hydrogen-bond acceptors (Lipinski definition) is 3. The van der Waals surface area contributed by atoms with Crippen LogP contribution in [0, 0.1) is 12.8 Å². The zero-order valence-corrected chi connectivity index (χ0v) is 19.0. The van der Waals surface area contributed by atoms with Gasteiger partial charge in [0.15, 0.2) is 5.11 Å². The van der Waals surface area contributed by atoms with Gasteiger partial charge in [0.1, 0.15) is 6.04 Å². The SMILES string of the molecule is CCNC(=S)N1CCC([C@H](NC(=O)c2ccccc2C)C(=O)N2CCCCC2)CC1. The fourth-order valence-electron chi connectivity index (χ4n) is 4.44. The number of likely N-dealkylation sites (tertiary alicyclic amines) is 2. The summed E-state index contributed by atoms with van der Waals surface area (Å²) in [4.78, 5) is 30.6. The van der Waals surface area contributed by atoms with Crippen molar-refractivity contribution >= 4 is 29.1 Å². The van der Waals surface area contributed by atoms with Crippen LogP contribution in [0.25, 0.3) is 0 Å². The van der Waals surface area contributed by atoms with Crippen LogP contribution in [0.2, 0.25) is 0 Å². The van der Waals surface area contributed by atoms with Crippen molar-refractivity contribution in [3.8, 4) is 0 Å². The predicted molar refractivity (Wildman–Crippen MR) is 123 cm³/mol. The molecule has 0 saturated carbocycles. The number of carbonyl (C=O) groups is 2. The number of rotatable bonds is 5. The zero-order valence-electron chi connectivity index (χ0n) is 18.2. The number of thiocarbonyl (C=S) groups is 1. The smallest absolute Gasteiger partial charge is 0.252 e. The minimum Gasteiger partial charge on any atom is -0.363 e. The van der Waals surface area contributed by atoms with Crippen LogP contribution in [0.4, 0.5) is 0 Å². The Morgan fingerprint density at radius 2 is 1.73 bits per heavy atom. The molecule has 0 bridgehead atoms. The average Bonchev–Trinajstić information content (AvgIpc) is 2.78. The Morgan fingerprint density at radius 1 is 1.07 bits per heavy atom. The van der Waals surface area contributed by atoms with Gasteiger partial charge in [-0.15, -0.1) is 0 Å². The molecule has 2 heterocycles. The molecule has 6 nitrogen and oxygen atoms in total. The summed E-state index contributed by atoms with van der Waals surface area (Å²) < 4.78 is 0. The van der Waals surface area contributed by atoms with Gasteiger partial charge in [-0.1, -0.05) is 18.2 Å². The number of nitrogens with zero attached hydrogens (tertiary/aromatic N) is 2. The van der Waals surface area contributed by atoms with E-state index in [4.69, 9.17) is 12.2 Å². The normalized spacial score (nSPS) is 18.6. The molecule has 2 saturated heterocycles. The molecule has 0 radical (unpaired) electrons. The molecule has 0 aromatic heterocycles. The molecule has 3 rings (SSSR count). The molecular formula is C23H34N4O2S. The fourth-order valence-corrected chi connectivity index (χ4v) is 4.76. The van der Waals surface area contributed by atoms with Crippen LogP contribution in [-0.2, 0) is 4.79 Å². The van der Waals surface area contributed by atoms with E-state index in [1.807, 2.05) is 43.0 Å². The second kappa shape index (κ2) is 10.8. The molecule has 2 aliphatic heterocycles. The highest BCUT2D eigenvalue weighted by Gasteiger charge is 2.36. The molecule has 1 aromatic carbocycles. The van der Waals surface area contributed by atoms with E-state index in [1.165, 1.54) is 6.42 Å². The van der Waals surface area contributed by atoms with Crippen molar-refractivity contribution in [1.29, 1.82) is 0 Å². The molecule has 0 unspecified atom stereocenters. The van der Waals surface area contributed by atoms with E-state index in [-0.39, 0.29) is 17.7 Å². The highest BCUT2D eigenvalue weighted by Crippen LogP contribution is 2.24. The first-order valence-electron chi connectivity index (χ1n) is 11.2. The number of piperidine rings is 2.